The maximum atomic E-state index is 12.4. The third-order valence-electron chi connectivity index (χ3n) is 4.43. The van der Waals surface area contributed by atoms with Crippen LogP contribution in [0.15, 0.2) is 53.9 Å². The average molecular weight is 339 g/mol. The average Bonchev–Trinajstić information content (AvgIpc) is 3.07. The Hall–Kier alpha value is -2.25. The highest BCUT2D eigenvalue weighted by molar-refractivity contribution is 8.14. The van der Waals surface area contributed by atoms with E-state index in [1.807, 2.05) is 24.4 Å². The van der Waals surface area contributed by atoms with Gasteiger partial charge in [-0.15, -0.1) is 0 Å². The van der Waals surface area contributed by atoms with Gasteiger partial charge in [-0.1, -0.05) is 30.0 Å². The predicted octanol–water partition coefficient (Wildman–Crippen LogP) is 1.42. The maximum absolute atomic E-state index is 12.4. The number of hydrogen-bond acceptors (Lipinski definition) is 6. The second-order valence-corrected chi connectivity index (χ2v) is 7.20. The summed E-state index contributed by atoms with van der Waals surface area (Å²) in [6.45, 7) is 2.36. The second-order valence-electron chi connectivity index (χ2n) is 5.88. The van der Waals surface area contributed by atoms with Gasteiger partial charge in [-0.05, 0) is 12.1 Å². The lowest BCUT2D eigenvalue weighted by atomic mass is 9.91. The number of aromatic nitrogens is 2. The van der Waals surface area contributed by atoms with Gasteiger partial charge in [-0.2, -0.15) is 0 Å². The summed E-state index contributed by atoms with van der Waals surface area (Å²) < 4.78 is -0.227. The molecule has 1 amide bonds. The van der Waals surface area contributed by atoms with Gasteiger partial charge in [0.25, 0.3) is 5.91 Å². The Bertz CT molecular complexity index is 767. The van der Waals surface area contributed by atoms with E-state index in [1.54, 1.807) is 36.3 Å². The van der Waals surface area contributed by atoms with Gasteiger partial charge in [0, 0.05) is 49.7 Å². The van der Waals surface area contributed by atoms with Gasteiger partial charge in [-0.3, -0.25) is 19.8 Å². The first-order valence-corrected chi connectivity index (χ1v) is 8.67. The van der Waals surface area contributed by atoms with E-state index in [1.165, 1.54) is 0 Å². The van der Waals surface area contributed by atoms with Crippen LogP contribution in [0.1, 0.15) is 16.1 Å². The summed E-state index contributed by atoms with van der Waals surface area (Å²) in [5.41, 5.74) is 1.56. The van der Waals surface area contributed by atoms with E-state index < -0.39 is 0 Å². The van der Waals surface area contributed by atoms with Crippen LogP contribution in [0.4, 0.5) is 0 Å². The molecule has 1 saturated heterocycles. The molecule has 0 aliphatic carbocycles. The lowest BCUT2D eigenvalue weighted by Crippen LogP contribution is -2.42. The number of aliphatic imine (C=N–C) groups is 1. The Balaban J connectivity index is 1.58. The number of thioether (sulfide) groups is 1. The largest absolute Gasteiger partial charge is 0.315 e. The van der Waals surface area contributed by atoms with Crippen LogP contribution in [0.2, 0.25) is 0 Å². The van der Waals surface area contributed by atoms with Crippen molar-refractivity contribution in [1.82, 2.24) is 20.6 Å². The summed E-state index contributed by atoms with van der Waals surface area (Å²) in [5, 5.41) is 7.02. The quantitative estimate of drug-likeness (QED) is 0.865. The fourth-order valence-electron chi connectivity index (χ4n) is 3.16. The second kappa shape index (κ2) is 6.33. The molecule has 3 heterocycles. The molecule has 2 aromatic rings. The van der Waals surface area contributed by atoms with Crippen LogP contribution >= 0.6 is 11.8 Å². The fourth-order valence-corrected chi connectivity index (χ4v) is 4.50. The van der Waals surface area contributed by atoms with Crippen LogP contribution in [0.25, 0.3) is 0 Å². The van der Waals surface area contributed by atoms with Crippen molar-refractivity contribution in [2.24, 2.45) is 10.9 Å². The summed E-state index contributed by atoms with van der Waals surface area (Å²) in [6, 6.07) is 9.18. The smallest absolute Gasteiger partial charge is 0.257 e. The molecular formula is C17H17N5OS. The predicted molar refractivity (Wildman–Crippen MR) is 93.9 cm³/mol. The van der Waals surface area contributed by atoms with E-state index in [4.69, 9.17) is 0 Å². The summed E-state index contributed by atoms with van der Waals surface area (Å²) >= 11 is 1.58. The molecule has 2 N–H and O–H groups in total. The van der Waals surface area contributed by atoms with Crippen molar-refractivity contribution in [3.63, 3.8) is 0 Å². The van der Waals surface area contributed by atoms with Crippen molar-refractivity contribution < 1.29 is 4.79 Å². The first-order valence-electron chi connectivity index (χ1n) is 7.85. The normalized spacial score (nSPS) is 25.7. The third-order valence-corrected chi connectivity index (χ3v) is 5.90. The van der Waals surface area contributed by atoms with Crippen LogP contribution in [0, 0.1) is 5.92 Å². The molecule has 0 bridgehead atoms. The Morgan fingerprint density at radius 3 is 2.96 bits per heavy atom. The van der Waals surface area contributed by atoms with Gasteiger partial charge in [-0.25, -0.2) is 0 Å². The Labute approximate surface area is 144 Å². The summed E-state index contributed by atoms with van der Waals surface area (Å²) in [4.78, 5) is 25.7. The maximum Gasteiger partial charge on any atom is 0.257 e. The van der Waals surface area contributed by atoms with Crippen LogP contribution < -0.4 is 10.6 Å². The minimum Gasteiger partial charge on any atom is -0.315 e. The number of amides is 1. The number of rotatable bonds is 2. The molecule has 0 radical (unpaired) electrons. The number of nitrogens with zero attached hydrogens (tertiary/aromatic N) is 3. The summed E-state index contributed by atoms with van der Waals surface area (Å²) in [7, 11) is 0. The molecule has 6 nitrogen and oxygen atoms in total. The fraction of sp³-hybridized carbons (Fsp3) is 0.294. The van der Waals surface area contributed by atoms with Gasteiger partial charge in [0.15, 0.2) is 5.17 Å². The van der Waals surface area contributed by atoms with Crippen molar-refractivity contribution in [2.75, 3.05) is 19.6 Å². The van der Waals surface area contributed by atoms with E-state index in [0.29, 0.717) is 23.2 Å². The highest BCUT2D eigenvalue weighted by atomic mass is 32.2. The first kappa shape index (κ1) is 15.3. The third kappa shape index (κ3) is 2.70. The molecule has 24 heavy (non-hydrogen) atoms. The van der Waals surface area contributed by atoms with Crippen LogP contribution in [-0.2, 0) is 4.75 Å². The zero-order chi connectivity index (χ0) is 16.4. The van der Waals surface area contributed by atoms with E-state index in [2.05, 4.69) is 25.6 Å². The van der Waals surface area contributed by atoms with Crippen molar-refractivity contribution in [1.29, 1.82) is 0 Å². The van der Waals surface area contributed by atoms with Gasteiger partial charge in [0.1, 0.15) is 0 Å². The lowest BCUT2D eigenvalue weighted by molar-refractivity contribution is 0.0977. The number of carbonyl (C=O) groups is 1. The van der Waals surface area contributed by atoms with E-state index in [9.17, 15) is 4.79 Å². The van der Waals surface area contributed by atoms with Crippen molar-refractivity contribution >= 4 is 22.8 Å². The molecular weight excluding hydrogens is 322 g/mol. The molecule has 1 aromatic heterocycles. The summed E-state index contributed by atoms with van der Waals surface area (Å²) in [5.74, 6) is 0.206. The van der Waals surface area contributed by atoms with Crippen molar-refractivity contribution in [2.45, 2.75) is 4.75 Å². The molecule has 2 aliphatic heterocycles. The molecule has 0 saturated carbocycles. The standard InChI is InChI=1S/C17H17N5OS/c23-15(12-4-2-1-3-5-12)22-16-21-9-13-8-19-11-17(13,24-16)14-10-18-6-7-20-14/h1-7,10,13,19H,8-9,11H2,(H,21,22,23)/t13-,17+/m1/s1. The van der Waals surface area contributed by atoms with Crippen LogP contribution in [-0.4, -0.2) is 40.7 Å². The highest BCUT2D eigenvalue weighted by Gasteiger charge is 2.49. The molecule has 0 unspecified atom stereocenters. The zero-order valence-corrected chi connectivity index (χ0v) is 13.8. The van der Waals surface area contributed by atoms with Gasteiger partial charge >= 0.3 is 0 Å². The lowest BCUT2D eigenvalue weighted by Gasteiger charge is -2.35. The van der Waals surface area contributed by atoms with E-state index in [0.717, 1.165) is 18.8 Å². The summed E-state index contributed by atoms with van der Waals surface area (Å²) in [6.07, 6.45) is 5.21. The number of fused-ring (bicyclic) bond motifs is 1. The van der Waals surface area contributed by atoms with Gasteiger partial charge in [0.05, 0.1) is 10.4 Å². The minimum absolute atomic E-state index is 0.138. The minimum atomic E-state index is -0.227. The molecule has 7 heteroatoms. The van der Waals surface area contributed by atoms with Crippen molar-refractivity contribution in [3.8, 4) is 0 Å². The van der Waals surface area contributed by atoms with Crippen LogP contribution in [0.3, 0.4) is 0 Å². The van der Waals surface area contributed by atoms with E-state index >= 15 is 0 Å². The molecule has 2 atom stereocenters. The molecule has 4 rings (SSSR count). The molecule has 122 valence electrons. The molecule has 0 spiro atoms. The Kier molecular flexibility index (Phi) is 4.03. The monoisotopic (exact) mass is 339 g/mol. The van der Waals surface area contributed by atoms with Gasteiger partial charge in [0.2, 0.25) is 0 Å². The highest BCUT2D eigenvalue weighted by Crippen LogP contribution is 2.47. The Morgan fingerprint density at radius 2 is 2.17 bits per heavy atom. The Morgan fingerprint density at radius 1 is 1.29 bits per heavy atom. The van der Waals surface area contributed by atoms with Crippen molar-refractivity contribution in [3.05, 3.63) is 60.2 Å². The number of nitrogens with one attached hydrogen (secondary N) is 2. The SMILES string of the molecule is O=C(NC1=NC[C@H]2CNC[C@]2(c2cnccn2)S1)c1ccccc1. The van der Waals surface area contributed by atoms with Gasteiger partial charge < -0.3 is 10.6 Å². The van der Waals surface area contributed by atoms with E-state index in [-0.39, 0.29) is 10.7 Å². The number of benzene rings is 1. The topological polar surface area (TPSA) is 79.3 Å². The molecule has 2 aliphatic rings. The molecule has 1 aromatic carbocycles. The number of carbonyl (C=O) groups excluding carboxylic acids is 1. The molecule has 1 fully saturated rings. The zero-order valence-electron chi connectivity index (χ0n) is 13.0. The number of hydrogen-bond donors (Lipinski definition) is 2. The van der Waals surface area contributed by atoms with Crippen LogP contribution in [0.5, 0.6) is 0 Å². The number of amidine groups is 1. The first-order chi connectivity index (χ1) is 11.8.